The van der Waals surface area contributed by atoms with Gasteiger partial charge in [0.05, 0.1) is 0 Å². The van der Waals surface area contributed by atoms with E-state index in [0.717, 1.165) is 11.1 Å². The molecule has 2 amide bonds. The van der Waals surface area contributed by atoms with Crippen molar-refractivity contribution in [1.29, 1.82) is 0 Å². The molecule has 0 unspecified atom stereocenters. The van der Waals surface area contributed by atoms with Crippen LogP contribution in [0.4, 0.5) is 4.79 Å². The van der Waals surface area contributed by atoms with Crippen LogP contribution in [0.3, 0.4) is 0 Å². The molecule has 4 nitrogen and oxygen atoms in total. The van der Waals surface area contributed by atoms with Gasteiger partial charge >= 0.3 is 6.09 Å². The number of amides is 2. The topological polar surface area (TPSA) is 46.6 Å². The van der Waals surface area contributed by atoms with Gasteiger partial charge in [-0.1, -0.05) is 49.8 Å². The van der Waals surface area contributed by atoms with Crippen LogP contribution in [0.2, 0.25) is 0 Å². The standard InChI is InChI=1S/C16H19NO3/c1-11(2)12(3)9-15(18)17-14(10-20-16(17)19)13-7-5-4-6-8-13/h4-9,11,14H,10H2,1-3H3/t14-/m0/s1. The maximum Gasteiger partial charge on any atom is 0.417 e. The van der Waals surface area contributed by atoms with Gasteiger partial charge < -0.3 is 4.74 Å². The molecule has 4 heteroatoms. The number of hydrogen-bond donors (Lipinski definition) is 0. The number of rotatable bonds is 3. The first kappa shape index (κ1) is 14.3. The minimum absolute atomic E-state index is 0.211. The van der Waals surface area contributed by atoms with E-state index in [-0.39, 0.29) is 24.5 Å². The van der Waals surface area contributed by atoms with E-state index in [4.69, 9.17) is 4.74 Å². The van der Waals surface area contributed by atoms with Crippen LogP contribution in [0.1, 0.15) is 32.4 Å². The second kappa shape index (κ2) is 5.90. The summed E-state index contributed by atoms with van der Waals surface area (Å²) < 4.78 is 5.03. The molecule has 0 spiro atoms. The van der Waals surface area contributed by atoms with Crippen molar-refractivity contribution in [2.45, 2.75) is 26.8 Å². The summed E-state index contributed by atoms with van der Waals surface area (Å²) in [6, 6.07) is 9.12. The highest BCUT2D eigenvalue weighted by atomic mass is 16.6. The van der Waals surface area contributed by atoms with Crippen LogP contribution in [0.5, 0.6) is 0 Å². The summed E-state index contributed by atoms with van der Waals surface area (Å²) in [5.41, 5.74) is 1.85. The summed E-state index contributed by atoms with van der Waals surface area (Å²) in [5, 5.41) is 0. The lowest BCUT2D eigenvalue weighted by Gasteiger charge is -2.19. The molecule has 0 bridgehead atoms. The van der Waals surface area contributed by atoms with Gasteiger partial charge in [-0.15, -0.1) is 0 Å². The van der Waals surface area contributed by atoms with E-state index in [1.54, 1.807) is 0 Å². The molecule has 1 aromatic rings. The zero-order valence-electron chi connectivity index (χ0n) is 12.0. The van der Waals surface area contributed by atoms with Crippen molar-refractivity contribution in [3.8, 4) is 0 Å². The predicted octanol–water partition coefficient (Wildman–Crippen LogP) is 3.31. The van der Waals surface area contributed by atoms with E-state index < -0.39 is 6.09 Å². The summed E-state index contributed by atoms with van der Waals surface area (Å²) in [6.45, 7) is 6.12. The van der Waals surface area contributed by atoms with Crippen LogP contribution < -0.4 is 0 Å². The quantitative estimate of drug-likeness (QED) is 0.794. The zero-order valence-corrected chi connectivity index (χ0v) is 12.0. The lowest BCUT2D eigenvalue weighted by Crippen LogP contribution is -2.33. The Kier molecular flexibility index (Phi) is 4.23. The summed E-state index contributed by atoms with van der Waals surface area (Å²) in [6.07, 6.45) is 0.948. The van der Waals surface area contributed by atoms with Crippen LogP contribution in [0.15, 0.2) is 42.0 Å². The van der Waals surface area contributed by atoms with Crippen molar-refractivity contribution in [3.05, 3.63) is 47.5 Å². The van der Waals surface area contributed by atoms with Crippen LogP contribution in [-0.2, 0) is 9.53 Å². The average Bonchev–Trinajstić information content (AvgIpc) is 2.81. The minimum Gasteiger partial charge on any atom is -0.446 e. The van der Waals surface area contributed by atoms with Crippen LogP contribution in [0.25, 0.3) is 0 Å². The number of ether oxygens (including phenoxy) is 1. The fraction of sp³-hybridized carbons (Fsp3) is 0.375. The number of nitrogens with zero attached hydrogens (tertiary/aromatic N) is 1. The van der Waals surface area contributed by atoms with Crippen molar-refractivity contribution in [3.63, 3.8) is 0 Å². The Hall–Kier alpha value is -2.10. The highest BCUT2D eigenvalue weighted by Crippen LogP contribution is 2.28. The number of allylic oxidation sites excluding steroid dienone is 1. The fourth-order valence-electron chi connectivity index (χ4n) is 2.02. The van der Waals surface area contributed by atoms with Crippen LogP contribution in [0, 0.1) is 5.92 Å². The maximum absolute atomic E-state index is 12.3. The molecule has 0 aromatic heterocycles. The molecule has 1 heterocycles. The summed E-state index contributed by atoms with van der Waals surface area (Å²) in [7, 11) is 0. The van der Waals surface area contributed by atoms with Gasteiger partial charge in [0.25, 0.3) is 5.91 Å². The first-order valence-electron chi connectivity index (χ1n) is 6.73. The van der Waals surface area contributed by atoms with E-state index in [0.29, 0.717) is 0 Å². The number of benzene rings is 1. The van der Waals surface area contributed by atoms with Gasteiger partial charge in [0.2, 0.25) is 0 Å². The predicted molar refractivity (Wildman–Crippen MR) is 76.0 cm³/mol. The van der Waals surface area contributed by atoms with Gasteiger partial charge in [-0.2, -0.15) is 0 Å². The molecule has 1 fully saturated rings. The molecule has 2 rings (SSSR count). The van der Waals surface area contributed by atoms with Gasteiger partial charge in [0.15, 0.2) is 0 Å². The molecule has 0 N–H and O–H groups in total. The SMILES string of the molecule is CC(=CC(=O)N1C(=O)OC[C@H]1c1ccccc1)C(C)C. The molecule has 0 aliphatic carbocycles. The van der Waals surface area contributed by atoms with Gasteiger partial charge in [0, 0.05) is 6.08 Å². The Morgan fingerprint density at radius 3 is 2.60 bits per heavy atom. The number of hydrogen-bond acceptors (Lipinski definition) is 3. The van der Waals surface area contributed by atoms with E-state index in [1.165, 1.54) is 11.0 Å². The molecular formula is C16H19NO3. The molecular weight excluding hydrogens is 254 g/mol. The molecule has 20 heavy (non-hydrogen) atoms. The first-order chi connectivity index (χ1) is 9.50. The smallest absolute Gasteiger partial charge is 0.417 e. The molecule has 0 radical (unpaired) electrons. The summed E-state index contributed by atoms with van der Waals surface area (Å²) in [4.78, 5) is 25.3. The second-order valence-electron chi connectivity index (χ2n) is 5.25. The highest BCUT2D eigenvalue weighted by Gasteiger charge is 2.37. The van der Waals surface area contributed by atoms with Gasteiger partial charge in [-0.05, 0) is 18.4 Å². The van der Waals surface area contributed by atoms with Crippen LogP contribution in [-0.4, -0.2) is 23.5 Å². The average molecular weight is 273 g/mol. The largest absolute Gasteiger partial charge is 0.446 e. The Labute approximate surface area is 119 Å². The van der Waals surface area contributed by atoms with Crippen molar-refractivity contribution in [2.75, 3.05) is 6.61 Å². The third-order valence-corrected chi connectivity index (χ3v) is 3.56. The minimum atomic E-state index is -0.573. The Morgan fingerprint density at radius 1 is 1.35 bits per heavy atom. The van der Waals surface area contributed by atoms with Gasteiger partial charge in [-0.25, -0.2) is 9.69 Å². The van der Waals surface area contributed by atoms with Gasteiger partial charge in [0.1, 0.15) is 12.6 Å². The number of cyclic esters (lactones) is 1. The fourth-order valence-corrected chi connectivity index (χ4v) is 2.02. The molecule has 1 aliphatic heterocycles. The summed E-state index contributed by atoms with van der Waals surface area (Å²) >= 11 is 0. The van der Waals surface area contributed by atoms with E-state index in [1.807, 2.05) is 51.1 Å². The molecule has 1 aromatic carbocycles. The van der Waals surface area contributed by atoms with E-state index >= 15 is 0 Å². The Balaban J connectivity index is 2.26. The lowest BCUT2D eigenvalue weighted by atomic mass is 10.0. The molecule has 1 saturated heterocycles. The number of carbonyl (C=O) groups excluding carboxylic acids is 2. The normalized spacial score (nSPS) is 19.4. The van der Waals surface area contributed by atoms with Crippen molar-refractivity contribution in [1.82, 2.24) is 4.90 Å². The highest BCUT2D eigenvalue weighted by molar-refractivity contribution is 6.00. The van der Waals surface area contributed by atoms with E-state index in [2.05, 4.69) is 0 Å². The molecule has 1 atom stereocenters. The van der Waals surface area contributed by atoms with Crippen LogP contribution >= 0.6 is 0 Å². The zero-order chi connectivity index (χ0) is 14.7. The van der Waals surface area contributed by atoms with E-state index in [9.17, 15) is 9.59 Å². The number of imide groups is 1. The van der Waals surface area contributed by atoms with Crippen molar-refractivity contribution >= 4 is 12.0 Å². The molecule has 0 saturated carbocycles. The summed E-state index contributed by atoms with van der Waals surface area (Å²) in [5.74, 6) is -0.0414. The Bertz CT molecular complexity index is 534. The molecule has 106 valence electrons. The molecule has 1 aliphatic rings. The van der Waals surface area contributed by atoms with Crippen molar-refractivity contribution in [2.24, 2.45) is 5.92 Å². The van der Waals surface area contributed by atoms with Crippen molar-refractivity contribution < 1.29 is 14.3 Å². The third kappa shape index (κ3) is 2.90. The first-order valence-corrected chi connectivity index (χ1v) is 6.73. The van der Waals surface area contributed by atoms with Gasteiger partial charge in [-0.3, -0.25) is 4.79 Å². The third-order valence-electron chi connectivity index (χ3n) is 3.56. The lowest BCUT2D eigenvalue weighted by molar-refractivity contribution is -0.124. The maximum atomic E-state index is 12.3. The Morgan fingerprint density at radius 2 is 2.00 bits per heavy atom. The second-order valence-corrected chi connectivity index (χ2v) is 5.25. The monoisotopic (exact) mass is 273 g/mol. The number of carbonyl (C=O) groups is 2.